The van der Waals surface area contributed by atoms with Crippen LogP contribution in [0.1, 0.15) is 33.6 Å². The van der Waals surface area contributed by atoms with Crippen molar-refractivity contribution in [3.05, 3.63) is 0 Å². The number of esters is 1. The van der Waals surface area contributed by atoms with Crippen molar-refractivity contribution in [3.8, 4) is 0 Å². The monoisotopic (exact) mass is 559 g/mol. The first-order valence-electron chi connectivity index (χ1n) is 12.7. The van der Waals surface area contributed by atoms with Gasteiger partial charge in [0, 0.05) is 31.0 Å². The molecule has 0 aromatic carbocycles. The summed E-state index contributed by atoms with van der Waals surface area (Å²) in [6.45, 7) is 9.76. The summed E-state index contributed by atoms with van der Waals surface area (Å²) < 4.78 is 17.1. The van der Waals surface area contributed by atoms with E-state index in [9.17, 15) is 19.5 Å². The van der Waals surface area contributed by atoms with Crippen LogP contribution in [0, 0.1) is 17.8 Å². The minimum absolute atomic E-state index is 0.178. The lowest BCUT2D eigenvalue weighted by Gasteiger charge is -2.37. The zero-order valence-electron chi connectivity index (χ0n) is 20.8. The van der Waals surface area contributed by atoms with Crippen LogP contribution in [0.3, 0.4) is 0 Å². The number of carbonyl (C=O) groups is 3. The highest BCUT2D eigenvalue weighted by atomic mass is 79.9. The summed E-state index contributed by atoms with van der Waals surface area (Å²) >= 11 is 3.64. The highest BCUT2D eigenvalue weighted by Crippen LogP contribution is 2.60. The van der Waals surface area contributed by atoms with Gasteiger partial charge in [0.2, 0.25) is 11.8 Å². The summed E-state index contributed by atoms with van der Waals surface area (Å²) in [6.07, 6.45) is 0.432. The zero-order chi connectivity index (χ0) is 25.3. The number of aliphatic hydroxyl groups is 1. The minimum Gasteiger partial charge on any atom is -0.466 e. The molecule has 4 aliphatic rings. The molecule has 4 saturated heterocycles. The first kappa shape index (κ1) is 26.8. The van der Waals surface area contributed by atoms with Crippen LogP contribution < -0.4 is 5.32 Å². The van der Waals surface area contributed by atoms with Crippen LogP contribution in [0.5, 0.6) is 0 Å². The van der Waals surface area contributed by atoms with E-state index in [0.29, 0.717) is 39.1 Å². The van der Waals surface area contributed by atoms with E-state index >= 15 is 0 Å². The molecule has 0 aliphatic carbocycles. The fourth-order valence-corrected chi connectivity index (χ4v) is 7.29. The highest BCUT2D eigenvalue weighted by molar-refractivity contribution is 9.09. The third-order valence-corrected chi connectivity index (χ3v) is 8.56. The van der Waals surface area contributed by atoms with Gasteiger partial charge in [-0.2, -0.15) is 0 Å². The topological polar surface area (TPSA) is 118 Å². The van der Waals surface area contributed by atoms with Gasteiger partial charge in [-0.15, -0.1) is 0 Å². The van der Waals surface area contributed by atoms with Gasteiger partial charge in [-0.05, 0) is 25.7 Å². The van der Waals surface area contributed by atoms with E-state index in [1.54, 1.807) is 6.92 Å². The number of carbonyl (C=O) groups excluding carboxylic acids is 3. The zero-order valence-corrected chi connectivity index (χ0v) is 22.4. The molecule has 2 amide bonds. The molecule has 2 bridgehead atoms. The second-order valence-electron chi connectivity index (χ2n) is 10.4. The molecule has 198 valence electrons. The van der Waals surface area contributed by atoms with Gasteiger partial charge < -0.3 is 29.5 Å². The van der Waals surface area contributed by atoms with Gasteiger partial charge in [0.25, 0.3) is 0 Å². The van der Waals surface area contributed by atoms with Crippen LogP contribution in [-0.2, 0) is 28.6 Å². The number of nitrogens with zero attached hydrogens (tertiary/aromatic N) is 2. The fourth-order valence-electron chi connectivity index (χ4n) is 6.35. The van der Waals surface area contributed by atoms with E-state index in [0.717, 1.165) is 13.1 Å². The van der Waals surface area contributed by atoms with Gasteiger partial charge in [0.05, 0.1) is 50.4 Å². The number of hydrogen-bond acceptors (Lipinski definition) is 8. The summed E-state index contributed by atoms with van der Waals surface area (Å²) in [5.74, 6) is -2.48. The van der Waals surface area contributed by atoms with E-state index < -0.39 is 41.6 Å². The maximum Gasteiger partial charge on any atom is 0.312 e. The van der Waals surface area contributed by atoms with Crippen LogP contribution in [0.25, 0.3) is 0 Å². The molecular formula is C24H38BrN3O7. The van der Waals surface area contributed by atoms with Crippen molar-refractivity contribution in [2.45, 2.75) is 62.2 Å². The second-order valence-corrected chi connectivity index (χ2v) is 11.5. The maximum absolute atomic E-state index is 13.9. The molecule has 2 N–H and O–H groups in total. The van der Waals surface area contributed by atoms with Crippen molar-refractivity contribution in [1.29, 1.82) is 0 Å². The van der Waals surface area contributed by atoms with Crippen molar-refractivity contribution >= 4 is 33.7 Å². The number of fused-ring (bicyclic) bond motifs is 1. The van der Waals surface area contributed by atoms with Crippen molar-refractivity contribution in [2.75, 3.05) is 52.6 Å². The molecule has 0 radical (unpaired) electrons. The Morgan fingerprint density at radius 1 is 1.31 bits per heavy atom. The van der Waals surface area contributed by atoms with E-state index in [-0.39, 0.29) is 35.8 Å². The third-order valence-electron chi connectivity index (χ3n) is 7.71. The van der Waals surface area contributed by atoms with Gasteiger partial charge in [-0.25, -0.2) is 0 Å². The van der Waals surface area contributed by atoms with Crippen molar-refractivity contribution in [1.82, 2.24) is 15.1 Å². The van der Waals surface area contributed by atoms with E-state index in [4.69, 9.17) is 14.2 Å². The van der Waals surface area contributed by atoms with Crippen molar-refractivity contribution in [2.24, 2.45) is 17.8 Å². The predicted octanol–water partition coefficient (Wildman–Crippen LogP) is 0.153. The SMILES string of the molecule is CCOC(=O)[C@H]1[C@@H]2O[C@@]3(CC2Br)[C@@H]1C(=O)N([C@@H](CO)CC(C)C)[C@@H]3C(=O)NCCN1CCOCC1. The normalized spacial score (nSPS) is 35.4. The number of amides is 2. The van der Waals surface area contributed by atoms with Gasteiger partial charge in [0.15, 0.2) is 0 Å². The van der Waals surface area contributed by atoms with Crippen LogP contribution in [0.4, 0.5) is 0 Å². The Kier molecular flexibility index (Phi) is 8.42. The molecule has 4 aliphatic heterocycles. The molecule has 35 heavy (non-hydrogen) atoms. The number of likely N-dealkylation sites (tertiary alicyclic amines) is 1. The Balaban J connectivity index is 1.62. The second kappa shape index (κ2) is 11.0. The van der Waals surface area contributed by atoms with Crippen LogP contribution in [0.2, 0.25) is 0 Å². The average molecular weight is 560 g/mol. The molecule has 4 fully saturated rings. The van der Waals surface area contributed by atoms with Crippen molar-refractivity contribution in [3.63, 3.8) is 0 Å². The molecule has 10 nitrogen and oxygen atoms in total. The molecule has 1 spiro atoms. The summed E-state index contributed by atoms with van der Waals surface area (Å²) in [6, 6.07) is -1.47. The predicted molar refractivity (Wildman–Crippen MR) is 130 cm³/mol. The minimum atomic E-state index is -1.14. The number of alkyl halides is 1. The lowest BCUT2D eigenvalue weighted by atomic mass is 9.70. The smallest absolute Gasteiger partial charge is 0.312 e. The Hall–Kier alpha value is -1.27. The molecule has 0 aromatic rings. The molecular weight excluding hydrogens is 522 g/mol. The summed E-state index contributed by atoms with van der Waals surface area (Å²) in [5.41, 5.74) is -1.14. The first-order valence-corrected chi connectivity index (χ1v) is 13.7. The van der Waals surface area contributed by atoms with E-state index in [1.165, 1.54) is 4.90 Å². The van der Waals surface area contributed by atoms with E-state index in [1.807, 2.05) is 13.8 Å². The lowest BCUT2D eigenvalue weighted by molar-refractivity contribution is -0.155. The lowest BCUT2D eigenvalue weighted by Crippen LogP contribution is -2.59. The quantitative estimate of drug-likeness (QED) is 0.287. The summed E-state index contributed by atoms with van der Waals surface area (Å²) in [7, 11) is 0. The van der Waals surface area contributed by atoms with Gasteiger partial charge >= 0.3 is 5.97 Å². The Morgan fingerprint density at radius 2 is 2.03 bits per heavy atom. The van der Waals surface area contributed by atoms with Gasteiger partial charge in [-0.3, -0.25) is 19.3 Å². The average Bonchev–Trinajstić information content (AvgIpc) is 3.41. The molecule has 4 heterocycles. The number of rotatable bonds is 10. The summed E-state index contributed by atoms with van der Waals surface area (Å²) in [5, 5.41) is 13.3. The third kappa shape index (κ3) is 4.86. The van der Waals surface area contributed by atoms with Crippen LogP contribution in [-0.4, -0.2) is 114 Å². The molecule has 4 rings (SSSR count). The number of nitrogens with one attached hydrogen (secondary N) is 1. The molecule has 11 heteroatoms. The Labute approximate surface area is 215 Å². The van der Waals surface area contributed by atoms with Crippen molar-refractivity contribution < 1.29 is 33.7 Å². The number of ether oxygens (including phenoxy) is 3. The standard InChI is InChI=1S/C24H38BrN3O7/c1-4-34-23(32)17-18-22(31)28(15(13-29)11-14(2)3)20(24(18)12-16(25)19(17)35-24)21(30)26-5-6-27-7-9-33-10-8-27/h14-20,29H,4-13H2,1-3H3,(H,26,30)/t15-,16?,17-,18+,19-,20-,24+/m1/s1. The molecule has 1 unspecified atom stereocenters. The maximum atomic E-state index is 13.9. The van der Waals surface area contributed by atoms with Crippen LogP contribution in [0.15, 0.2) is 0 Å². The molecule has 0 aromatic heterocycles. The van der Waals surface area contributed by atoms with Gasteiger partial charge in [-0.1, -0.05) is 29.8 Å². The molecule has 7 atom stereocenters. The number of hydrogen-bond donors (Lipinski definition) is 2. The number of morpholine rings is 1. The van der Waals surface area contributed by atoms with E-state index in [2.05, 4.69) is 26.1 Å². The van der Waals surface area contributed by atoms with Crippen LogP contribution >= 0.6 is 15.9 Å². The van der Waals surface area contributed by atoms with Gasteiger partial charge in [0.1, 0.15) is 11.6 Å². The highest BCUT2D eigenvalue weighted by Gasteiger charge is 2.77. The largest absolute Gasteiger partial charge is 0.466 e. The first-order chi connectivity index (χ1) is 16.7. The molecule has 0 saturated carbocycles. The fraction of sp³-hybridized carbons (Fsp3) is 0.875. The summed E-state index contributed by atoms with van der Waals surface area (Å²) in [4.78, 5) is 44.2. The Morgan fingerprint density at radius 3 is 2.66 bits per heavy atom. The number of halogens is 1. The number of aliphatic hydroxyl groups excluding tert-OH is 1. The Bertz CT molecular complexity index is 808.